The Labute approximate surface area is 200 Å². The SMILES string of the molecule is O=C(NC1CCC(CCN2CCC(Oc3ccc(F)cc3)CC2)CC1)c1cc2ccccc2[nH]1. The number of carbonyl (C=O) groups excluding carboxylic acids is 1. The number of para-hydroxylation sites is 1. The maximum absolute atomic E-state index is 13.1. The zero-order valence-corrected chi connectivity index (χ0v) is 19.6. The van der Waals surface area contributed by atoms with E-state index in [0.717, 1.165) is 67.9 Å². The van der Waals surface area contributed by atoms with Crippen LogP contribution < -0.4 is 10.1 Å². The normalized spacial score (nSPS) is 22.0. The molecule has 1 aromatic heterocycles. The van der Waals surface area contributed by atoms with Gasteiger partial charge in [-0.2, -0.15) is 0 Å². The maximum Gasteiger partial charge on any atom is 0.267 e. The van der Waals surface area contributed by atoms with Crippen LogP contribution in [0.4, 0.5) is 4.39 Å². The molecule has 0 radical (unpaired) electrons. The summed E-state index contributed by atoms with van der Waals surface area (Å²) < 4.78 is 19.1. The fourth-order valence-electron chi connectivity index (χ4n) is 5.38. The second-order valence-corrected chi connectivity index (χ2v) is 9.86. The molecule has 0 spiro atoms. The van der Waals surface area contributed by atoms with Crippen LogP contribution in [0.5, 0.6) is 5.75 Å². The van der Waals surface area contributed by atoms with Gasteiger partial charge >= 0.3 is 0 Å². The number of piperidine rings is 1. The van der Waals surface area contributed by atoms with Crippen LogP contribution in [0, 0.1) is 11.7 Å². The van der Waals surface area contributed by atoms with E-state index < -0.39 is 0 Å². The molecule has 2 fully saturated rings. The third-order valence-electron chi connectivity index (χ3n) is 7.46. The molecule has 1 aliphatic carbocycles. The Hall–Kier alpha value is -2.86. The number of nitrogens with one attached hydrogen (secondary N) is 2. The molecule has 5 nitrogen and oxygen atoms in total. The van der Waals surface area contributed by atoms with Crippen molar-refractivity contribution in [1.29, 1.82) is 0 Å². The van der Waals surface area contributed by atoms with E-state index in [9.17, 15) is 9.18 Å². The molecule has 3 aromatic rings. The van der Waals surface area contributed by atoms with Crippen molar-refractivity contribution in [2.24, 2.45) is 5.92 Å². The van der Waals surface area contributed by atoms with Crippen molar-refractivity contribution in [2.45, 2.75) is 57.1 Å². The first kappa shape index (κ1) is 22.9. The fourth-order valence-corrected chi connectivity index (χ4v) is 5.38. The zero-order valence-electron chi connectivity index (χ0n) is 19.6. The summed E-state index contributed by atoms with van der Waals surface area (Å²) in [6.07, 6.45) is 7.97. The number of nitrogens with zero attached hydrogens (tertiary/aromatic N) is 1. The van der Waals surface area contributed by atoms with E-state index in [2.05, 4.69) is 15.2 Å². The Morgan fingerprint density at radius 3 is 2.47 bits per heavy atom. The molecular weight excluding hydrogens is 429 g/mol. The molecule has 180 valence electrons. The lowest BCUT2D eigenvalue weighted by Gasteiger charge is -2.34. The highest BCUT2D eigenvalue weighted by molar-refractivity contribution is 5.98. The van der Waals surface area contributed by atoms with Crippen molar-refractivity contribution in [3.8, 4) is 5.75 Å². The third kappa shape index (κ3) is 5.79. The number of carbonyl (C=O) groups is 1. The summed E-state index contributed by atoms with van der Waals surface area (Å²) in [5.41, 5.74) is 1.65. The number of hydrogen-bond donors (Lipinski definition) is 2. The van der Waals surface area contributed by atoms with Gasteiger partial charge in [0, 0.05) is 30.0 Å². The number of amides is 1. The standard InChI is InChI=1S/C28H34FN3O2/c29-22-7-11-24(12-8-22)34-25-14-17-32(18-15-25)16-13-20-5-9-23(10-6-20)30-28(33)27-19-21-3-1-2-4-26(21)31-27/h1-4,7-8,11-12,19-20,23,25,31H,5-6,9-10,13-18H2,(H,30,33). The average molecular weight is 464 g/mol. The van der Waals surface area contributed by atoms with Gasteiger partial charge in [-0.05, 0) is 93.8 Å². The average Bonchev–Trinajstić information content (AvgIpc) is 3.31. The van der Waals surface area contributed by atoms with Crippen LogP contribution in [0.3, 0.4) is 0 Å². The van der Waals surface area contributed by atoms with Gasteiger partial charge in [0.2, 0.25) is 0 Å². The number of H-pyrrole nitrogens is 1. The fraction of sp³-hybridized carbons (Fsp3) is 0.464. The van der Waals surface area contributed by atoms with Gasteiger partial charge in [-0.3, -0.25) is 4.79 Å². The van der Waals surface area contributed by atoms with Crippen LogP contribution in [0.1, 0.15) is 55.4 Å². The van der Waals surface area contributed by atoms with E-state index in [0.29, 0.717) is 5.69 Å². The van der Waals surface area contributed by atoms with E-state index >= 15 is 0 Å². The Kier molecular flexibility index (Phi) is 7.14. The number of likely N-dealkylation sites (tertiary alicyclic amines) is 1. The van der Waals surface area contributed by atoms with Crippen LogP contribution >= 0.6 is 0 Å². The summed E-state index contributed by atoms with van der Waals surface area (Å²) in [4.78, 5) is 18.5. The first-order chi connectivity index (χ1) is 16.6. The number of benzene rings is 2. The lowest BCUT2D eigenvalue weighted by atomic mass is 9.84. The summed E-state index contributed by atoms with van der Waals surface area (Å²) in [5, 5.41) is 4.31. The number of ether oxygens (including phenoxy) is 1. The maximum atomic E-state index is 13.1. The summed E-state index contributed by atoms with van der Waals surface area (Å²) in [7, 11) is 0. The van der Waals surface area contributed by atoms with Gasteiger partial charge in [-0.1, -0.05) is 18.2 Å². The Morgan fingerprint density at radius 2 is 1.74 bits per heavy atom. The number of hydrogen-bond acceptors (Lipinski definition) is 3. The van der Waals surface area contributed by atoms with Crippen LogP contribution in [0.2, 0.25) is 0 Å². The molecule has 2 N–H and O–H groups in total. The summed E-state index contributed by atoms with van der Waals surface area (Å²) >= 11 is 0. The van der Waals surface area contributed by atoms with Gasteiger partial charge in [-0.15, -0.1) is 0 Å². The van der Waals surface area contributed by atoms with Crippen LogP contribution in [-0.2, 0) is 0 Å². The van der Waals surface area contributed by atoms with Crippen molar-refractivity contribution in [2.75, 3.05) is 19.6 Å². The molecule has 2 aliphatic rings. The molecule has 6 heteroatoms. The Balaban J connectivity index is 0.993. The minimum Gasteiger partial charge on any atom is -0.490 e. The van der Waals surface area contributed by atoms with Crippen molar-refractivity contribution >= 4 is 16.8 Å². The number of aromatic amines is 1. The van der Waals surface area contributed by atoms with Crippen LogP contribution in [0.15, 0.2) is 54.6 Å². The molecule has 0 atom stereocenters. The van der Waals surface area contributed by atoms with E-state index in [1.54, 1.807) is 12.1 Å². The molecule has 2 heterocycles. The highest BCUT2D eigenvalue weighted by Crippen LogP contribution is 2.28. The summed E-state index contributed by atoms with van der Waals surface area (Å²) in [6, 6.07) is 16.5. The Morgan fingerprint density at radius 1 is 1.00 bits per heavy atom. The predicted octanol–water partition coefficient (Wildman–Crippen LogP) is 5.53. The first-order valence-corrected chi connectivity index (χ1v) is 12.7. The number of fused-ring (bicyclic) bond motifs is 1. The molecule has 0 unspecified atom stereocenters. The third-order valence-corrected chi connectivity index (χ3v) is 7.46. The molecular formula is C28H34FN3O2. The minimum atomic E-state index is -0.229. The van der Waals surface area contributed by atoms with Crippen molar-refractivity contribution < 1.29 is 13.9 Å². The lowest BCUT2D eigenvalue weighted by molar-refractivity contribution is 0.0894. The van der Waals surface area contributed by atoms with Gasteiger partial charge in [0.1, 0.15) is 23.4 Å². The Bertz CT molecular complexity index is 1050. The van der Waals surface area contributed by atoms with E-state index in [1.165, 1.54) is 31.4 Å². The number of rotatable bonds is 7. The van der Waals surface area contributed by atoms with Crippen molar-refractivity contribution in [1.82, 2.24) is 15.2 Å². The molecule has 1 saturated carbocycles. The van der Waals surface area contributed by atoms with E-state index in [4.69, 9.17) is 4.74 Å². The highest BCUT2D eigenvalue weighted by atomic mass is 19.1. The number of halogens is 1. The lowest BCUT2D eigenvalue weighted by Crippen LogP contribution is -2.40. The summed E-state index contributed by atoms with van der Waals surface area (Å²) in [5.74, 6) is 1.28. The topological polar surface area (TPSA) is 57.4 Å². The smallest absolute Gasteiger partial charge is 0.267 e. The molecule has 2 aromatic carbocycles. The zero-order chi connectivity index (χ0) is 23.3. The molecule has 1 saturated heterocycles. The molecule has 0 bridgehead atoms. The minimum absolute atomic E-state index is 0.00498. The largest absolute Gasteiger partial charge is 0.490 e. The second-order valence-electron chi connectivity index (χ2n) is 9.86. The van der Waals surface area contributed by atoms with Crippen molar-refractivity contribution in [3.05, 3.63) is 66.1 Å². The van der Waals surface area contributed by atoms with Gasteiger partial charge in [0.25, 0.3) is 5.91 Å². The van der Waals surface area contributed by atoms with Gasteiger partial charge in [-0.25, -0.2) is 4.39 Å². The quantitative estimate of drug-likeness (QED) is 0.484. The van der Waals surface area contributed by atoms with E-state index in [1.807, 2.05) is 30.3 Å². The highest BCUT2D eigenvalue weighted by Gasteiger charge is 2.25. The number of aromatic nitrogens is 1. The molecule has 1 aliphatic heterocycles. The molecule has 5 rings (SSSR count). The van der Waals surface area contributed by atoms with Crippen molar-refractivity contribution in [3.63, 3.8) is 0 Å². The van der Waals surface area contributed by atoms with Crippen LogP contribution in [0.25, 0.3) is 10.9 Å². The molecule has 34 heavy (non-hydrogen) atoms. The second kappa shape index (κ2) is 10.6. The molecule has 1 amide bonds. The first-order valence-electron chi connectivity index (χ1n) is 12.7. The van der Waals surface area contributed by atoms with Crippen LogP contribution in [-0.4, -0.2) is 47.6 Å². The summed E-state index contributed by atoms with van der Waals surface area (Å²) in [6.45, 7) is 3.25. The van der Waals surface area contributed by atoms with Gasteiger partial charge in [0.05, 0.1) is 0 Å². The monoisotopic (exact) mass is 463 g/mol. The predicted molar refractivity (Wildman–Crippen MR) is 133 cm³/mol. The van der Waals surface area contributed by atoms with Gasteiger partial charge in [0.15, 0.2) is 0 Å². The van der Waals surface area contributed by atoms with E-state index in [-0.39, 0.29) is 23.9 Å². The van der Waals surface area contributed by atoms with Gasteiger partial charge < -0.3 is 19.9 Å².